The lowest BCUT2D eigenvalue weighted by molar-refractivity contribution is -0.119. The highest BCUT2D eigenvalue weighted by molar-refractivity contribution is 7.99. The van der Waals surface area contributed by atoms with Crippen LogP contribution in [0.4, 0.5) is 0 Å². The number of carbonyl (C=O) groups excluding carboxylic acids is 1. The first-order valence-electron chi connectivity index (χ1n) is 9.11. The van der Waals surface area contributed by atoms with Gasteiger partial charge in [-0.05, 0) is 36.1 Å². The molecule has 0 aliphatic rings. The van der Waals surface area contributed by atoms with Crippen LogP contribution in [0, 0.1) is 6.92 Å². The van der Waals surface area contributed by atoms with Crippen molar-refractivity contribution in [2.45, 2.75) is 24.7 Å². The number of nitrogens with one attached hydrogen (secondary N) is 1. The maximum Gasteiger partial charge on any atom is 0.231 e. The molecule has 3 aromatic heterocycles. The molecule has 0 unspecified atom stereocenters. The number of aromatic nitrogens is 3. The van der Waals surface area contributed by atoms with E-state index in [2.05, 4.69) is 46.7 Å². The molecule has 1 atom stereocenters. The van der Waals surface area contributed by atoms with Crippen molar-refractivity contribution in [3.8, 4) is 0 Å². The molecular weight excluding hydrogens is 404 g/mol. The minimum absolute atomic E-state index is 0.0541. The lowest BCUT2D eigenvalue weighted by Crippen LogP contribution is -2.30. The second-order valence-electron chi connectivity index (χ2n) is 6.54. The van der Waals surface area contributed by atoms with E-state index in [4.69, 9.17) is 4.42 Å². The SMILES string of the molecule is Cc1ccc([C@@H](NC(=O)CSc2nncn2Cc2ccco2)c2cccs2)cc1. The van der Waals surface area contributed by atoms with Gasteiger partial charge in [-0.15, -0.1) is 21.5 Å². The first kappa shape index (κ1) is 19.5. The summed E-state index contributed by atoms with van der Waals surface area (Å²) in [5.74, 6) is 1.01. The van der Waals surface area contributed by atoms with Crippen LogP contribution in [0.1, 0.15) is 27.8 Å². The van der Waals surface area contributed by atoms with E-state index in [1.807, 2.05) is 34.2 Å². The molecule has 8 heteroatoms. The van der Waals surface area contributed by atoms with Crippen molar-refractivity contribution in [1.82, 2.24) is 20.1 Å². The molecule has 6 nitrogen and oxygen atoms in total. The number of hydrogen-bond acceptors (Lipinski definition) is 6. The zero-order valence-corrected chi connectivity index (χ0v) is 17.5. The van der Waals surface area contributed by atoms with Crippen molar-refractivity contribution in [3.63, 3.8) is 0 Å². The second-order valence-corrected chi connectivity index (χ2v) is 8.46. The fourth-order valence-corrected chi connectivity index (χ4v) is 4.43. The Kier molecular flexibility index (Phi) is 6.12. The second kappa shape index (κ2) is 9.11. The van der Waals surface area contributed by atoms with Crippen molar-refractivity contribution in [1.29, 1.82) is 0 Å². The highest BCUT2D eigenvalue weighted by Gasteiger charge is 2.19. The third kappa shape index (κ3) is 4.96. The van der Waals surface area contributed by atoms with E-state index in [1.165, 1.54) is 17.3 Å². The number of hydrogen-bond donors (Lipinski definition) is 1. The van der Waals surface area contributed by atoms with Crippen molar-refractivity contribution >= 4 is 29.0 Å². The summed E-state index contributed by atoms with van der Waals surface area (Å²) in [5.41, 5.74) is 2.26. The number of amides is 1. The predicted molar refractivity (Wildman–Crippen MR) is 114 cm³/mol. The Morgan fingerprint density at radius 1 is 1.24 bits per heavy atom. The normalized spacial score (nSPS) is 12.0. The molecule has 0 aliphatic heterocycles. The van der Waals surface area contributed by atoms with Crippen molar-refractivity contribution in [2.24, 2.45) is 0 Å². The summed E-state index contributed by atoms with van der Waals surface area (Å²) in [5, 5.41) is 13.9. The van der Waals surface area contributed by atoms with E-state index in [0.29, 0.717) is 11.7 Å². The summed E-state index contributed by atoms with van der Waals surface area (Å²) >= 11 is 2.99. The number of nitrogens with zero attached hydrogens (tertiary/aromatic N) is 3. The third-order valence-corrected chi connectivity index (χ3v) is 6.28. The monoisotopic (exact) mass is 424 g/mol. The van der Waals surface area contributed by atoms with E-state index in [1.54, 1.807) is 23.9 Å². The predicted octanol–water partition coefficient (Wildman–Crippen LogP) is 4.29. The molecule has 0 saturated carbocycles. The molecule has 4 aromatic rings. The zero-order valence-electron chi connectivity index (χ0n) is 15.8. The Morgan fingerprint density at radius 2 is 2.10 bits per heavy atom. The Morgan fingerprint density at radius 3 is 2.83 bits per heavy atom. The topological polar surface area (TPSA) is 73.0 Å². The summed E-state index contributed by atoms with van der Waals surface area (Å²) in [6.07, 6.45) is 3.28. The molecule has 29 heavy (non-hydrogen) atoms. The average molecular weight is 425 g/mol. The molecule has 4 rings (SSSR count). The summed E-state index contributed by atoms with van der Waals surface area (Å²) in [6.45, 7) is 2.59. The van der Waals surface area contributed by atoms with E-state index >= 15 is 0 Å². The Labute approximate surface area is 177 Å². The third-order valence-electron chi connectivity index (χ3n) is 4.36. The van der Waals surface area contributed by atoms with Gasteiger partial charge in [0.15, 0.2) is 5.16 Å². The molecule has 1 N–H and O–H groups in total. The molecule has 0 radical (unpaired) electrons. The van der Waals surface area contributed by atoms with Gasteiger partial charge in [-0.1, -0.05) is 47.7 Å². The maximum absolute atomic E-state index is 12.7. The number of rotatable bonds is 8. The van der Waals surface area contributed by atoms with Crippen molar-refractivity contribution < 1.29 is 9.21 Å². The van der Waals surface area contributed by atoms with Gasteiger partial charge in [0, 0.05) is 4.88 Å². The van der Waals surface area contributed by atoms with Crippen LogP contribution in [-0.2, 0) is 11.3 Å². The van der Waals surface area contributed by atoms with E-state index in [-0.39, 0.29) is 17.7 Å². The van der Waals surface area contributed by atoms with Crippen molar-refractivity contribution in [2.75, 3.05) is 5.75 Å². The smallest absolute Gasteiger partial charge is 0.231 e. The van der Waals surface area contributed by atoms with Gasteiger partial charge in [0.25, 0.3) is 0 Å². The van der Waals surface area contributed by atoms with Crippen LogP contribution in [0.5, 0.6) is 0 Å². The Hall–Kier alpha value is -2.84. The number of thioether (sulfide) groups is 1. The van der Waals surface area contributed by atoms with E-state index in [0.717, 1.165) is 16.2 Å². The molecule has 148 valence electrons. The molecule has 1 aromatic carbocycles. The Bertz CT molecular complexity index is 1040. The maximum atomic E-state index is 12.7. The standard InChI is InChI=1S/C21H20N4O2S2/c1-15-6-8-16(9-7-15)20(18-5-3-11-28-18)23-19(26)13-29-21-24-22-14-25(21)12-17-4-2-10-27-17/h2-11,14,20H,12-13H2,1H3,(H,23,26)/t20-/m1/s1. The summed E-state index contributed by atoms with van der Waals surface area (Å²) in [7, 11) is 0. The molecule has 0 spiro atoms. The molecule has 1 amide bonds. The minimum Gasteiger partial charge on any atom is -0.467 e. The highest BCUT2D eigenvalue weighted by Crippen LogP contribution is 2.27. The highest BCUT2D eigenvalue weighted by atomic mass is 32.2. The average Bonchev–Trinajstić information content (AvgIpc) is 3.49. The molecule has 0 fully saturated rings. The number of aryl methyl sites for hydroxylation is 1. The largest absolute Gasteiger partial charge is 0.467 e. The van der Waals surface area contributed by atoms with Crippen LogP contribution in [0.25, 0.3) is 0 Å². The van der Waals surface area contributed by atoms with Gasteiger partial charge < -0.3 is 14.3 Å². The number of furan rings is 1. The van der Waals surface area contributed by atoms with Crippen molar-refractivity contribution in [3.05, 3.63) is 88.3 Å². The first-order valence-corrected chi connectivity index (χ1v) is 11.0. The van der Waals surface area contributed by atoms with Gasteiger partial charge in [-0.3, -0.25) is 4.79 Å². The molecule has 3 heterocycles. The van der Waals surface area contributed by atoms with Gasteiger partial charge in [0.05, 0.1) is 24.6 Å². The molecular formula is C21H20N4O2S2. The fourth-order valence-electron chi connectivity index (χ4n) is 2.90. The molecule has 0 bridgehead atoms. The van der Waals surface area contributed by atoms with Crippen LogP contribution in [0.3, 0.4) is 0 Å². The van der Waals surface area contributed by atoms with Gasteiger partial charge in [0.1, 0.15) is 12.1 Å². The summed E-state index contributed by atoms with van der Waals surface area (Å²) in [6, 6.07) is 15.9. The van der Waals surface area contributed by atoms with E-state index < -0.39 is 0 Å². The van der Waals surface area contributed by atoms with Crippen LogP contribution in [0.15, 0.2) is 76.1 Å². The van der Waals surface area contributed by atoms with E-state index in [9.17, 15) is 4.79 Å². The van der Waals surface area contributed by atoms with Crippen LogP contribution in [0.2, 0.25) is 0 Å². The zero-order chi connectivity index (χ0) is 20.1. The number of benzene rings is 1. The number of thiophene rings is 1. The lowest BCUT2D eigenvalue weighted by Gasteiger charge is -2.18. The first-order chi connectivity index (χ1) is 14.2. The molecule has 0 saturated heterocycles. The number of carbonyl (C=O) groups is 1. The molecule has 0 aliphatic carbocycles. The van der Waals surface area contributed by atoms with Crippen LogP contribution >= 0.6 is 23.1 Å². The van der Waals surface area contributed by atoms with Gasteiger partial charge >= 0.3 is 0 Å². The quantitative estimate of drug-likeness (QED) is 0.427. The van der Waals surface area contributed by atoms with Gasteiger partial charge in [0.2, 0.25) is 5.91 Å². The fraction of sp³-hybridized carbons (Fsp3) is 0.190. The van der Waals surface area contributed by atoms with Crippen LogP contribution < -0.4 is 5.32 Å². The lowest BCUT2D eigenvalue weighted by atomic mass is 10.0. The van der Waals surface area contributed by atoms with Gasteiger partial charge in [-0.25, -0.2) is 0 Å². The summed E-state index contributed by atoms with van der Waals surface area (Å²) in [4.78, 5) is 13.8. The summed E-state index contributed by atoms with van der Waals surface area (Å²) < 4.78 is 7.24. The van der Waals surface area contributed by atoms with Gasteiger partial charge in [-0.2, -0.15) is 0 Å². The van der Waals surface area contributed by atoms with Crippen LogP contribution in [-0.4, -0.2) is 26.4 Å². The Balaban J connectivity index is 1.41. The minimum atomic E-state index is -0.162.